The van der Waals surface area contributed by atoms with Crippen LogP contribution in [0.25, 0.3) is 11.1 Å². The van der Waals surface area contributed by atoms with Crippen molar-refractivity contribution in [2.75, 3.05) is 6.61 Å². The van der Waals surface area contributed by atoms with Gasteiger partial charge in [0.05, 0.1) is 6.42 Å². The van der Waals surface area contributed by atoms with Crippen molar-refractivity contribution >= 4 is 18.0 Å². The number of carboxylic acids is 1. The van der Waals surface area contributed by atoms with Gasteiger partial charge in [-0.25, -0.2) is 4.79 Å². The van der Waals surface area contributed by atoms with Crippen LogP contribution in [0, 0.1) is 0 Å². The number of hydrogen-bond acceptors (Lipinski definition) is 4. The van der Waals surface area contributed by atoms with Crippen LogP contribution >= 0.6 is 0 Å². The minimum absolute atomic E-state index is 0.0636. The zero-order chi connectivity index (χ0) is 23.1. The van der Waals surface area contributed by atoms with E-state index in [1.165, 1.54) is 0 Å². The summed E-state index contributed by atoms with van der Waals surface area (Å²) in [5, 5.41) is 14.3. The van der Waals surface area contributed by atoms with Crippen LogP contribution in [-0.2, 0) is 14.3 Å². The highest BCUT2D eigenvalue weighted by Crippen LogP contribution is 2.44. The van der Waals surface area contributed by atoms with Gasteiger partial charge in [-0.15, -0.1) is 0 Å². The van der Waals surface area contributed by atoms with Crippen molar-refractivity contribution < 1.29 is 24.2 Å². The molecule has 3 rings (SSSR count). The molecule has 0 radical (unpaired) electrons. The summed E-state index contributed by atoms with van der Waals surface area (Å²) in [5.41, 5.74) is 4.50. The second kappa shape index (κ2) is 10.8. The molecule has 0 heterocycles. The van der Waals surface area contributed by atoms with E-state index in [0.717, 1.165) is 35.1 Å². The molecule has 2 aromatic rings. The lowest BCUT2D eigenvalue weighted by Crippen LogP contribution is -2.48. The van der Waals surface area contributed by atoms with E-state index in [0.29, 0.717) is 6.42 Å². The normalized spacial score (nSPS) is 14.1. The van der Waals surface area contributed by atoms with Crippen LogP contribution in [0.2, 0.25) is 0 Å². The van der Waals surface area contributed by atoms with Crippen molar-refractivity contribution in [2.45, 2.75) is 57.5 Å². The summed E-state index contributed by atoms with van der Waals surface area (Å²) in [7, 11) is 0. The highest BCUT2D eigenvalue weighted by atomic mass is 16.5. The Morgan fingerprint density at radius 3 is 2.16 bits per heavy atom. The van der Waals surface area contributed by atoms with E-state index in [9.17, 15) is 14.4 Å². The molecule has 0 aromatic heterocycles. The standard InChI is InChI=1S/C25H30N2O5/c1-3-4-9-17(14-23(28)29)27-24(30)16(2)26-25(31)32-15-22-20-12-7-5-10-18(20)19-11-6-8-13-21(19)22/h5-8,10-13,16-17,22H,3-4,9,14-15H2,1-2H3,(H,26,31)(H,27,30)(H,28,29)/t16-,17+/m0/s1. The summed E-state index contributed by atoms with van der Waals surface area (Å²) in [6, 6.07) is 14.8. The molecule has 2 amide bonds. The molecule has 7 nitrogen and oxygen atoms in total. The zero-order valence-corrected chi connectivity index (χ0v) is 18.5. The molecule has 2 aromatic carbocycles. The minimum Gasteiger partial charge on any atom is -0.481 e. The summed E-state index contributed by atoms with van der Waals surface area (Å²) in [5.74, 6) is -1.46. The van der Waals surface area contributed by atoms with Crippen LogP contribution in [0.3, 0.4) is 0 Å². The molecule has 0 saturated carbocycles. The fraction of sp³-hybridized carbons (Fsp3) is 0.400. The number of alkyl carbamates (subject to hydrolysis) is 1. The number of benzene rings is 2. The van der Waals surface area contributed by atoms with E-state index >= 15 is 0 Å². The third-order valence-electron chi connectivity index (χ3n) is 5.74. The summed E-state index contributed by atoms with van der Waals surface area (Å²) < 4.78 is 5.47. The van der Waals surface area contributed by atoms with Crippen LogP contribution in [-0.4, -0.2) is 41.8 Å². The number of carbonyl (C=O) groups excluding carboxylic acids is 2. The molecule has 0 unspecified atom stereocenters. The van der Waals surface area contributed by atoms with Gasteiger partial charge in [-0.3, -0.25) is 9.59 Å². The molecule has 0 spiro atoms. The molecule has 2 atom stereocenters. The van der Waals surface area contributed by atoms with Gasteiger partial charge in [0.1, 0.15) is 12.6 Å². The fourth-order valence-corrected chi connectivity index (χ4v) is 4.10. The van der Waals surface area contributed by atoms with Gasteiger partial charge in [-0.2, -0.15) is 0 Å². The first kappa shape index (κ1) is 23.3. The van der Waals surface area contributed by atoms with Crippen molar-refractivity contribution in [2.24, 2.45) is 0 Å². The predicted octanol–water partition coefficient (Wildman–Crippen LogP) is 4.06. The molecular weight excluding hydrogens is 408 g/mol. The topological polar surface area (TPSA) is 105 Å². The lowest BCUT2D eigenvalue weighted by atomic mass is 9.98. The van der Waals surface area contributed by atoms with Gasteiger partial charge in [0.15, 0.2) is 0 Å². The number of nitrogens with one attached hydrogen (secondary N) is 2. The quantitative estimate of drug-likeness (QED) is 0.519. The first-order valence-electron chi connectivity index (χ1n) is 11.0. The molecule has 3 N–H and O–H groups in total. The van der Waals surface area contributed by atoms with Crippen LogP contribution < -0.4 is 10.6 Å². The number of hydrogen-bond donors (Lipinski definition) is 3. The van der Waals surface area contributed by atoms with Gasteiger partial charge >= 0.3 is 12.1 Å². The molecular formula is C25H30N2O5. The molecule has 32 heavy (non-hydrogen) atoms. The van der Waals surface area contributed by atoms with Crippen molar-refractivity contribution in [3.05, 3.63) is 59.7 Å². The largest absolute Gasteiger partial charge is 0.481 e. The highest BCUT2D eigenvalue weighted by Gasteiger charge is 2.29. The molecule has 0 saturated heterocycles. The van der Waals surface area contributed by atoms with Gasteiger partial charge < -0.3 is 20.5 Å². The lowest BCUT2D eigenvalue weighted by Gasteiger charge is -2.21. The maximum absolute atomic E-state index is 12.4. The molecule has 0 bridgehead atoms. The molecule has 1 aliphatic carbocycles. The number of carbonyl (C=O) groups is 3. The van der Waals surface area contributed by atoms with Gasteiger partial charge in [-0.1, -0.05) is 68.3 Å². The van der Waals surface area contributed by atoms with E-state index in [2.05, 4.69) is 22.8 Å². The SMILES string of the molecule is CCCC[C@H](CC(=O)O)NC(=O)[C@H](C)NC(=O)OCC1c2ccccc2-c2ccccc21. The third kappa shape index (κ3) is 5.66. The number of carboxylic acid groups (broad SMARTS) is 1. The van der Waals surface area contributed by atoms with Gasteiger partial charge in [0.2, 0.25) is 5.91 Å². The number of rotatable bonds is 10. The number of amides is 2. The first-order chi connectivity index (χ1) is 15.4. The average Bonchev–Trinajstić information content (AvgIpc) is 3.09. The minimum atomic E-state index is -0.969. The van der Waals surface area contributed by atoms with Gasteiger partial charge in [0.25, 0.3) is 0 Å². The van der Waals surface area contributed by atoms with Crippen LogP contribution in [0.4, 0.5) is 4.79 Å². The zero-order valence-electron chi connectivity index (χ0n) is 18.5. The number of fused-ring (bicyclic) bond motifs is 3. The summed E-state index contributed by atoms with van der Waals surface area (Å²) in [6.07, 6.45) is 1.46. The summed E-state index contributed by atoms with van der Waals surface area (Å²) in [4.78, 5) is 35.9. The predicted molar refractivity (Wildman–Crippen MR) is 121 cm³/mol. The van der Waals surface area contributed by atoms with E-state index in [1.54, 1.807) is 6.92 Å². The smallest absolute Gasteiger partial charge is 0.407 e. The van der Waals surface area contributed by atoms with Gasteiger partial charge in [0, 0.05) is 12.0 Å². The number of unbranched alkanes of at least 4 members (excludes halogenated alkanes) is 1. The first-order valence-corrected chi connectivity index (χ1v) is 11.0. The molecule has 7 heteroatoms. The second-order valence-corrected chi connectivity index (χ2v) is 8.14. The van der Waals surface area contributed by atoms with Gasteiger partial charge in [-0.05, 0) is 35.6 Å². The Morgan fingerprint density at radius 2 is 1.59 bits per heavy atom. The molecule has 170 valence electrons. The number of aliphatic carboxylic acids is 1. The summed E-state index contributed by atoms with van der Waals surface area (Å²) >= 11 is 0. The highest BCUT2D eigenvalue weighted by molar-refractivity contribution is 5.86. The lowest BCUT2D eigenvalue weighted by molar-refractivity contribution is -0.137. The van der Waals surface area contributed by atoms with Crippen molar-refractivity contribution in [3.8, 4) is 11.1 Å². The Kier molecular flexibility index (Phi) is 7.87. The second-order valence-electron chi connectivity index (χ2n) is 8.14. The van der Waals surface area contributed by atoms with Crippen LogP contribution in [0.5, 0.6) is 0 Å². The maximum Gasteiger partial charge on any atom is 0.407 e. The monoisotopic (exact) mass is 438 g/mol. The van der Waals surface area contributed by atoms with Crippen LogP contribution in [0.15, 0.2) is 48.5 Å². The molecule has 0 aliphatic heterocycles. The Bertz CT molecular complexity index is 929. The fourth-order valence-electron chi connectivity index (χ4n) is 4.10. The molecule has 0 fully saturated rings. The Balaban J connectivity index is 1.55. The van der Waals surface area contributed by atoms with Crippen LogP contribution in [0.1, 0.15) is 56.6 Å². The maximum atomic E-state index is 12.4. The average molecular weight is 439 g/mol. The van der Waals surface area contributed by atoms with Crippen molar-refractivity contribution in [1.29, 1.82) is 0 Å². The van der Waals surface area contributed by atoms with E-state index in [1.807, 2.05) is 43.3 Å². The molecule has 1 aliphatic rings. The van der Waals surface area contributed by atoms with Crippen molar-refractivity contribution in [1.82, 2.24) is 10.6 Å². The van der Waals surface area contributed by atoms with E-state index in [-0.39, 0.29) is 18.9 Å². The third-order valence-corrected chi connectivity index (χ3v) is 5.74. The van der Waals surface area contributed by atoms with E-state index < -0.39 is 30.1 Å². The number of ether oxygens (including phenoxy) is 1. The Morgan fingerprint density at radius 1 is 1.00 bits per heavy atom. The van der Waals surface area contributed by atoms with Crippen molar-refractivity contribution in [3.63, 3.8) is 0 Å². The summed E-state index contributed by atoms with van der Waals surface area (Å²) in [6.45, 7) is 3.71. The Labute approximate surface area is 188 Å². The Hall–Kier alpha value is -3.35. The van der Waals surface area contributed by atoms with E-state index in [4.69, 9.17) is 9.84 Å².